The highest BCUT2D eigenvalue weighted by Crippen LogP contribution is 2.23. The van der Waals surface area contributed by atoms with E-state index in [1.807, 2.05) is 24.3 Å². The van der Waals surface area contributed by atoms with Crippen molar-refractivity contribution in [3.05, 3.63) is 18.2 Å². The van der Waals surface area contributed by atoms with E-state index >= 15 is 0 Å². The molecule has 0 amide bonds. The Hall–Kier alpha value is -0.480. The van der Waals surface area contributed by atoms with Gasteiger partial charge in [0.2, 0.25) is 0 Å². The van der Waals surface area contributed by atoms with Gasteiger partial charge in [0.15, 0.2) is 0 Å². The summed E-state index contributed by atoms with van der Waals surface area (Å²) in [6.45, 7) is 4.53. The van der Waals surface area contributed by atoms with Crippen molar-refractivity contribution in [2.45, 2.75) is 44.0 Å². The Morgan fingerprint density at radius 3 is 3.25 bits per heavy atom. The second kappa shape index (κ2) is 5.73. The SMILES string of the molecule is CSC(C)CCn1cncc1[C@@H]1CCCN1. The number of hydrogen-bond acceptors (Lipinski definition) is 3. The van der Waals surface area contributed by atoms with E-state index in [9.17, 15) is 0 Å². The fraction of sp³-hybridized carbons (Fsp3) is 0.750. The molecule has 1 aliphatic rings. The molecule has 1 unspecified atom stereocenters. The van der Waals surface area contributed by atoms with Gasteiger partial charge in [0.05, 0.1) is 12.0 Å². The Morgan fingerprint density at radius 1 is 1.69 bits per heavy atom. The van der Waals surface area contributed by atoms with Crippen LogP contribution in [-0.2, 0) is 6.54 Å². The summed E-state index contributed by atoms with van der Waals surface area (Å²) < 4.78 is 2.32. The summed E-state index contributed by atoms with van der Waals surface area (Å²) >= 11 is 1.94. The molecule has 1 aromatic heterocycles. The summed E-state index contributed by atoms with van der Waals surface area (Å²) in [6.07, 6.45) is 9.94. The van der Waals surface area contributed by atoms with Crippen LogP contribution in [0, 0.1) is 0 Å². The molecule has 0 aliphatic carbocycles. The van der Waals surface area contributed by atoms with Crippen molar-refractivity contribution in [3.8, 4) is 0 Å². The maximum atomic E-state index is 4.29. The summed E-state index contributed by atoms with van der Waals surface area (Å²) in [5.41, 5.74) is 1.37. The van der Waals surface area contributed by atoms with Gasteiger partial charge in [-0.25, -0.2) is 4.98 Å². The van der Waals surface area contributed by atoms with Crippen molar-refractivity contribution >= 4 is 11.8 Å². The van der Waals surface area contributed by atoms with Crippen LogP contribution in [0.4, 0.5) is 0 Å². The van der Waals surface area contributed by atoms with Crippen LogP contribution in [-0.4, -0.2) is 27.6 Å². The van der Waals surface area contributed by atoms with E-state index in [-0.39, 0.29) is 0 Å². The van der Waals surface area contributed by atoms with Crippen LogP contribution in [0.3, 0.4) is 0 Å². The third kappa shape index (κ3) is 2.80. The van der Waals surface area contributed by atoms with Crippen molar-refractivity contribution in [3.63, 3.8) is 0 Å². The maximum absolute atomic E-state index is 4.29. The number of rotatable bonds is 5. The van der Waals surface area contributed by atoms with Gasteiger partial charge < -0.3 is 9.88 Å². The molecule has 2 rings (SSSR count). The average molecular weight is 239 g/mol. The molecule has 1 N–H and O–H groups in total. The summed E-state index contributed by atoms with van der Waals surface area (Å²) in [5.74, 6) is 0. The Kier molecular flexibility index (Phi) is 4.29. The molecular formula is C12H21N3S. The molecule has 2 heterocycles. The quantitative estimate of drug-likeness (QED) is 0.856. The topological polar surface area (TPSA) is 29.9 Å². The van der Waals surface area contributed by atoms with E-state index in [1.165, 1.54) is 25.0 Å². The van der Waals surface area contributed by atoms with Gasteiger partial charge in [-0.1, -0.05) is 6.92 Å². The van der Waals surface area contributed by atoms with E-state index in [0.717, 1.165) is 18.3 Å². The molecule has 1 fully saturated rings. The number of aryl methyl sites for hydroxylation is 1. The lowest BCUT2D eigenvalue weighted by Crippen LogP contribution is -2.17. The molecule has 1 aliphatic heterocycles. The number of aromatic nitrogens is 2. The van der Waals surface area contributed by atoms with Crippen LogP contribution in [0.1, 0.15) is 37.9 Å². The van der Waals surface area contributed by atoms with Gasteiger partial charge in [-0.3, -0.25) is 0 Å². The largest absolute Gasteiger partial charge is 0.333 e. The third-order valence-corrected chi connectivity index (χ3v) is 4.38. The van der Waals surface area contributed by atoms with Gasteiger partial charge in [-0.2, -0.15) is 11.8 Å². The molecule has 90 valence electrons. The summed E-state index contributed by atoms with van der Waals surface area (Å²) in [4.78, 5) is 4.29. The maximum Gasteiger partial charge on any atom is 0.0948 e. The minimum Gasteiger partial charge on any atom is -0.333 e. The number of hydrogen-bond donors (Lipinski definition) is 1. The van der Waals surface area contributed by atoms with Gasteiger partial charge >= 0.3 is 0 Å². The van der Waals surface area contributed by atoms with Crippen LogP contribution in [0.5, 0.6) is 0 Å². The lowest BCUT2D eigenvalue weighted by Gasteiger charge is -2.15. The number of thioether (sulfide) groups is 1. The molecule has 0 aromatic carbocycles. The summed E-state index contributed by atoms with van der Waals surface area (Å²) in [5, 5.41) is 4.26. The van der Waals surface area contributed by atoms with E-state index < -0.39 is 0 Å². The van der Waals surface area contributed by atoms with Crippen molar-refractivity contribution in [1.29, 1.82) is 0 Å². The monoisotopic (exact) mass is 239 g/mol. The first kappa shape index (κ1) is 12.0. The molecule has 4 heteroatoms. The minimum atomic E-state index is 0.534. The highest BCUT2D eigenvalue weighted by atomic mass is 32.2. The van der Waals surface area contributed by atoms with E-state index in [4.69, 9.17) is 0 Å². The van der Waals surface area contributed by atoms with Gasteiger partial charge in [0.25, 0.3) is 0 Å². The number of nitrogens with one attached hydrogen (secondary N) is 1. The lowest BCUT2D eigenvalue weighted by molar-refractivity contribution is 0.548. The van der Waals surface area contributed by atoms with Crippen molar-refractivity contribution < 1.29 is 0 Å². The van der Waals surface area contributed by atoms with Crippen LogP contribution < -0.4 is 5.32 Å². The highest BCUT2D eigenvalue weighted by molar-refractivity contribution is 7.99. The fourth-order valence-electron chi connectivity index (χ4n) is 2.18. The van der Waals surface area contributed by atoms with E-state index in [1.54, 1.807) is 0 Å². The molecule has 1 saturated heterocycles. The Labute approximate surface area is 102 Å². The van der Waals surface area contributed by atoms with Gasteiger partial charge in [0.1, 0.15) is 0 Å². The Bertz CT molecular complexity index is 318. The number of imidazole rings is 1. The molecule has 0 saturated carbocycles. The third-order valence-electron chi connectivity index (χ3n) is 3.34. The van der Waals surface area contributed by atoms with E-state index in [2.05, 4.69) is 28.0 Å². The van der Waals surface area contributed by atoms with Crippen LogP contribution in [0.2, 0.25) is 0 Å². The fourth-order valence-corrected chi connectivity index (χ4v) is 2.52. The average Bonchev–Trinajstić information content (AvgIpc) is 2.95. The zero-order chi connectivity index (χ0) is 11.4. The molecule has 0 spiro atoms. The van der Waals surface area contributed by atoms with Crippen LogP contribution in [0.25, 0.3) is 0 Å². The predicted molar refractivity (Wildman–Crippen MR) is 69.8 cm³/mol. The molecule has 1 aromatic rings. The minimum absolute atomic E-state index is 0.534. The smallest absolute Gasteiger partial charge is 0.0948 e. The summed E-state index contributed by atoms with van der Waals surface area (Å²) in [7, 11) is 0. The first-order valence-electron chi connectivity index (χ1n) is 6.07. The van der Waals surface area contributed by atoms with Crippen molar-refractivity contribution in [2.75, 3.05) is 12.8 Å². The van der Waals surface area contributed by atoms with Gasteiger partial charge in [-0.15, -0.1) is 0 Å². The summed E-state index contributed by atoms with van der Waals surface area (Å²) in [6, 6.07) is 0.534. The van der Waals surface area contributed by atoms with Crippen LogP contribution >= 0.6 is 11.8 Å². The zero-order valence-corrected chi connectivity index (χ0v) is 11.0. The molecule has 0 bridgehead atoms. The molecule has 3 nitrogen and oxygen atoms in total. The molecular weight excluding hydrogens is 218 g/mol. The highest BCUT2D eigenvalue weighted by Gasteiger charge is 2.19. The Balaban J connectivity index is 1.95. The standard InChI is InChI=1S/C12H21N3S/c1-10(16-2)5-7-15-9-13-8-12(15)11-4-3-6-14-11/h8-11,14H,3-7H2,1-2H3/t10?,11-/m0/s1. The molecule has 2 atom stereocenters. The van der Waals surface area contributed by atoms with Crippen molar-refractivity contribution in [1.82, 2.24) is 14.9 Å². The van der Waals surface area contributed by atoms with E-state index in [0.29, 0.717) is 6.04 Å². The molecule has 16 heavy (non-hydrogen) atoms. The lowest BCUT2D eigenvalue weighted by atomic mass is 10.1. The first-order valence-corrected chi connectivity index (χ1v) is 7.36. The Morgan fingerprint density at radius 2 is 2.56 bits per heavy atom. The normalized spacial score (nSPS) is 22.5. The second-order valence-corrected chi connectivity index (χ2v) is 5.77. The molecule has 0 radical (unpaired) electrons. The van der Waals surface area contributed by atoms with Crippen LogP contribution in [0.15, 0.2) is 12.5 Å². The first-order chi connectivity index (χ1) is 7.81. The number of nitrogens with zero attached hydrogens (tertiary/aromatic N) is 2. The zero-order valence-electron chi connectivity index (χ0n) is 10.1. The second-order valence-electron chi connectivity index (χ2n) is 4.50. The van der Waals surface area contributed by atoms with Crippen molar-refractivity contribution in [2.24, 2.45) is 0 Å². The predicted octanol–water partition coefficient (Wildman–Crippen LogP) is 2.45. The van der Waals surface area contributed by atoms with Gasteiger partial charge in [0, 0.05) is 24.0 Å². The van der Waals surface area contributed by atoms with Gasteiger partial charge in [-0.05, 0) is 32.1 Å².